The molecule has 0 spiro atoms. The lowest BCUT2D eigenvalue weighted by Gasteiger charge is -2.25. The predicted molar refractivity (Wildman–Crippen MR) is 198 cm³/mol. The average Bonchev–Trinajstić information content (AvgIpc) is 3.57. The number of aliphatic hydroxyl groups excluding tert-OH is 2. The van der Waals surface area contributed by atoms with Crippen molar-refractivity contribution in [2.75, 3.05) is 32.8 Å². The van der Waals surface area contributed by atoms with Crippen LogP contribution in [0.3, 0.4) is 0 Å². The molecule has 1 aliphatic rings. The van der Waals surface area contributed by atoms with Gasteiger partial charge in [0.15, 0.2) is 0 Å². The second-order valence-corrected chi connectivity index (χ2v) is 13.7. The second-order valence-electron chi connectivity index (χ2n) is 13.0. The summed E-state index contributed by atoms with van der Waals surface area (Å²) in [5.41, 5.74) is 3.60. The van der Waals surface area contributed by atoms with Crippen molar-refractivity contribution in [1.82, 2.24) is 15.2 Å². The molecule has 4 aromatic rings. The number of benzene rings is 3. The van der Waals surface area contributed by atoms with Gasteiger partial charge in [-0.15, -0.1) is 0 Å². The van der Waals surface area contributed by atoms with Crippen LogP contribution in [-0.2, 0) is 24.6 Å². The number of nitriles is 1. The summed E-state index contributed by atoms with van der Waals surface area (Å²) in [6.45, 7) is 5.97. The Morgan fingerprint density at radius 1 is 1.04 bits per heavy atom. The molecule has 0 bridgehead atoms. The molecule has 1 unspecified atom stereocenters. The van der Waals surface area contributed by atoms with Crippen LogP contribution in [0.1, 0.15) is 47.6 Å². The monoisotopic (exact) mass is 748 g/mol. The lowest BCUT2D eigenvalue weighted by atomic mass is 9.96. The maximum Gasteiger partial charge on any atom is 0.326 e. The Balaban J connectivity index is 1.32. The maximum atomic E-state index is 11.8. The Kier molecular flexibility index (Phi) is 13.3. The molecule has 0 radical (unpaired) electrons. The van der Waals surface area contributed by atoms with E-state index in [9.17, 15) is 25.4 Å². The molecule has 0 aliphatic carbocycles. The number of halogens is 2. The van der Waals surface area contributed by atoms with E-state index in [-0.39, 0.29) is 30.9 Å². The van der Waals surface area contributed by atoms with Crippen molar-refractivity contribution < 1.29 is 34.3 Å². The standard InChI is InChI=1S/C39H42Cl2N4O7/c1-25-28(6-3-7-31(25)32-8-4-9-34(37(32)41)50-13-5-11-45-12-10-30(47)21-45)23-52-36-16-35(51-22-27-14-26(17-42)18-43-19-27)29(15-33(36)40)20-44-39(2,24-46)38(48)49/h3-4,6-9,14-16,18-19,30,44,46-47H,5,10-13,20-24H2,1-2H3,(H,48,49)/t30-,39?/m1/s1. The number of pyridine rings is 1. The molecule has 274 valence electrons. The van der Waals surface area contributed by atoms with Gasteiger partial charge < -0.3 is 34.4 Å². The number of likely N-dealkylation sites (tertiary alicyclic amines) is 1. The van der Waals surface area contributed by atoms with Crippen LogP contribution in [0.15, 0.2) is 67.0 Å². The van der Waals surface area contributed by atoms with Crippen molar-refractivity contribution in [3.05, 3.63) is 105 Å². The summed E-state index contributed by atoms with van der Waals surface area (Å²) in [7, 11) is 0. The largest absolute Gasteiger partial charge is 0.492 e. The summed E-state index contributed by atoms with van der Waals surface area (Å²) in [6.07, 6.45) is 4.43. The highest BCUT2D eigenvalue weighted by molar-refractivity contribution is 6.35. The third kappa shape index (κ3) is 9.72. The topological polar surface area (TPSA) is 157 Å². The van der Waals surface area contributed by atoms with Gasteiger partial charge in [0.05, 0.1) is 34.9 Å². The van der Waals surface area contributed by atoms with E-state index in [4.69, 9.17) is 37.4 Å². The van der Waals surface area contributed by atoms with Crippen LogP contribution in [0.4, 0.5) is 0 Å². The Labute approximate surface area is 313 Å². The Hall–Kier alpha value is -4.41. The summed E-state index contributed by atoms with van der Waals surface area (Å²) >= 11 is 13.6. The van der Waals surface area contributed by atoms with Gasteiger partial charge in [-0.2, -0.15) is 5.26 Å². The molecule has 52 heavy (non-hydrogen) atoms. The zero-order valence-electron chi connectivity index (χ0n) is 29.1. The first-order valence-corrected chi connectivity index (χ1v) is 17.7. The predicted octanol–water partition coefficient (Wildman–Crippen LogP) is 6.15. The number of nitrogens with one attached hydrogen (secondary N) is 1. The smallest absolute Gasteiger partial charge is 0.326 e. The molecular formula is C39H42Cl2N4O7. The Bertz CT molecular complexity index is 1920. The summed E-state index contributed by atoms with van der Waals surface area (Å²) < 4.78 is 18.5. The second kappa shape index (κ2) is 17.9. The molecule has 3 aromatic carbocycles. The van der Waals surface area contributed by atoms with Gasteiger partial charge in [0.2, 0.25) is 0 Å². The third-order valence-corrected chi connectivity index (χ3v) is 9.78. The minimum Gasteiger partial charge on any atom is -0.492 e. The number of aliphatic carboxylic acids is 1. The van der Waals surface area contributed by atoms with E-state index in [1.807, 2.05) is 43.3 Å². The van der Waals surface area contributed by atoms with Crippen LogP contribution in [0.25, 0.3) is 11.1 Å². The summed E-state index contributed by atoms with van der Waals surface area (Å²) in [4.78, 5) is 18.1. The fraction of sp³-hybridized carbons (Fsp3) is 0.359. The maximum absolute atomic E-state index is 11.8. The van der Waals surface area contributed by atoms with Crippen molar-refractivity contribution in [2.24, 2.45) is 0 Å². The molecule has 2 atom stereocenters. The number of carbonyl (C=O) groups is 1. The van der Waals surface area contributed by atoms with Crippen LogP contribution < -0.4 is 19.5 Å². The quantitative estimate of drug-likeness (QED) is 0.0918. The lowest BCUT2D eigenvalue weighted by molar-refractivity contribution is -0.145. The Morgan fingerprint density at radius 2 is 1.81 bits per heavy atom. The minimum atomic E-state index is -1.60. The summed E-state index contributed by atoms with van der Waals surface area (Å²) in [6, 6.07) is 18.6. The number of β-amino-alcohol motifs (C(OH)–C–C–N with tert-alkyl or cyclic N) is 1. The van der Waals surface area contributed by atoms with Crippen LogP contribution in [-0.4, -0.2) is 75.7 Å². The summed E-state index contributed by atoms with van der Waals surface area (Å²) in [5.74, 6) is 0.103. The first kappa shape index (κ1) is 38.8. The van der Waals surface area contributed by atoms with Gasteiger partial charge >= 0.3 is 5.97 Å². The molecule has 1 aromatic heterocycles. The Morgan fingerprint density at radius 3 is 2.54 bits per heavy atom. The fourth-order valence-electron chi connectivity index (χ4n) is 5.84. The highest BCUT2D eigenvalue weighted by atomic mass is 35.5. The van der Waals surface area contributed by atoms with E-state index in [2.05, 4.69) is 21.3 Å². The van der Waals surface area contributed by atoms with Crippen molar-refractivity contribution >= 4 is 29.2 Å². The zero-order chi connectivity index (χ0) is 37.3. The van der Waals surface area contributed by atoms with Gasteiger partial charge in [-0.25, -0.2) is 0 Å². The number of aliphatic hydroxyl groups is 2. The van der Waals surface area contributed by atoms with Gasteiger partial charge in [-0.05, 0) is 61.6 Å². The SMILES string of the molecule is Cc1c(COc2cc(OCc3cncc(C#N)c3)c(CNC(C)(CO)C(=O)O)cc2Cl)cccc1-c1cccc(OCCCN2CC[C@@H](O)C2)c1Cl. The van der Waals surface area contributed by atoms with Gasteiger partial charge in [-0.1, -0.05) is 53.5 Å². The van der Waals surface area contributed by atoms with Crippen molar-refractivity contribution in [1.29, 1.82) is 5.26 Å². The molecule has 5 rings (SSSR count). The number of carboxylic acids is 1. The number of ether oxygens (including phenoxy) is 3. The van der Waals surface area contributed by atoms with Crippen LogP contribution in [0.5, 0.6) is 17.2 Å². The number of carboxylic acid groups (broad SMARTS) is 1. The van der Waals surface area contributed by atoms with E-state index < -0.39 is 18.1 Å². The molecule has 0 saturated carbocycles. The highest BCUT2D eigenvalue weighted by Crippen LogP contribution is 2.39. The van der Waals surface area contributed by atoms with Crippen LogP contribution in [0, 0.1) is 18.3 Å². The zero-order valence-corrected chi connectivity index (χ0v) is 30.6. The van der Waals surface area contributed by atoms with E-state index in [0.717, 1.165) is 48.2 Å². The summed E-state index contributed by atoms with van der Waals surface area (Å²) in [5, 5.41) is 42.1. The number of hydrogen-bond acceptors (Lipinski definition) is 10. The molecule has 13 heteroatoms. The van der Waals surface area contributed by atoms with E-state index in [0.29, 0.717) is 52.1 Å². The third-order valence-electron chi connectivity index (χ3n) is 9.10. The van der Waals surface area contributed by atoms with Crippen molar-refractivity contribution in [3.63, 3.8) is 0 Å². The number of hydrogen-bond donors (Lipinski definition) is 4. The minimum absolute atomic E-state index is 0.0163. The van der Waals surface area contributed by atoms with Crippen LogP contribution in [0.2, 0.25) is 10.0 Å². The van der Waals surface area contributed by atoms with Crippen LogP contribution >= 0.6 is 23.2 Å². The van der Waals surface area contributed by atoms with Gasteiger partial charge in [-0.3, -0.25) is 15.1 Å². The first-order chi connectivity index (χ1) is 25.0. The van der Waals surface area contributed by atoms with Crippen molar-refractivity contribution in [3.8, 4) is 34.4 Å². The molecule has 1 fully saturated rings. The van der Waals surface area contributed by atoms with E-state index in [1.54, 1.807) is 24.4 Å². The highest BCUT2D eigenvalue weighted by Gasteiger charge is 2.32. The van der Waals surface area contributed by atoms with E-state index >= 15 is 0 Å². The first-order valence-electron chi connectivity index (χ1n) is 16.9. The van der Waals surface area contributed by atoms with E-state index in [1.165, 1.54) is 13.1 Å². The molecule has 0 amide bonds. The average molecular weight is 750 g/mol. The molecule has 1 aliphatic heterocycles. The normalized spacial score (nSPS) is 15.5. The van der Waals surface area contributed by atoms with Gasteiger partial charge in [0, 0.05) is 61.3 Å². The molecule has 1 saturated heterocycles. The van der Waals surface area contributed by atoms with Crippen molar-refractivity contribution in [2.45, 2.75) is 58.1 Å². The molecule has 2 heterocycles. The number of aromatic nitrogens is 1. The molecule has 11 nitrogen and oxygen atoms in total. The number of rotatable bonds is 17. The molecule has 4 N–H and O–H groups in total. The molecular weight excluding hydrogens is 707 g/mol. The fourth-order valence-corrected chi connectivity index (χ4v) is 6.36. The number of nitrogens with zero attached hydrogens (tertiary/aromatic N) is 3. The van der Waals surface area contributed by atoms with Gasteiger partial charge in [0.25, 0.3) is 0 Å². The lowest BCUT2D eigenvalue weighted by Crippen LogP contribution is -2.52. The van der Waals surface area contributed by atoms with Gasteiger partial charge in [0.1, 0.15) is 42.1 Å².